The molecule has 0 N–H and O–H groups in total. The lowest BCUT2D eigenvalue weighted by molar-refractivity contribution is -0.146. The third-order valence-corrected chi connectivity index (χ3v) is 6.70. The molecule has 0 aromatic heterocycles. The van der Waals surface area contributed by atoms with E-state index in [2.05, 4.69) is 0 Å². The van der Waals surface area contributed by atoms with Crippen molar-refractivity contribution in [1.29, 1.82) is 0 Å². The van der Waals surface area contributed by atoms with Gasteiger partial charge in [-0.25, -0.2) is 19.2 Å². The van der Waals surface area contributed by atoms with Crippen molar-refractivity contribution in [2.45, 2.75) is 6.42 Å². The van der Waals surface area contributed by atoms with E-state index in [-0.39, 0.29) is 35.5 Å². The van der Waals surface area contributed by atoms with Gasteiger partial charge in [0.15, 0.2) is 0 Å². The van der Waals surface area contributed by atoms with Crippen molar-refractivity contribution < 1.29 is 38.1 Å². The average Bonchev–Trinajstić information content (AvgIpc) is 3.08. The summed E-state index contributed by atoms with van der Waals surface area (Å²) in [6.07, 6.45) is 0.715. The second-order valence-electron chi connectivity index (χ2n) is 7.29. The Balaban J connectivity index is 1.76. The fourth-order valence-electron chi connectivity index (χ4n) is 5.94. The SMILES string of the molecule is COC(=O)C1=C(C(=O)OC)C2C3CC(C12)C1C(C(=O)OC)=C(C(=O)OC)C31. The lowest BCUT2D eigenvalue weighted by Gasteiger charge is -2.52. The molecule has 0 heterocycles. The van der Waals surface area contributed by atoms with Crippen molar-refractivity contribution in [2.75, 3.05) is 28.4 Å². The van der Waals surface area contributed by atoms with Crippen LogP contribution in [-0.4, -0.2) is 52.3 Å². The van der Waals surface area contributed by atoms with Crippen LogP contribution in [0, 0.1) is 35.5 Å². The second kappa shape index (κ2) is 5.94. The Hall–Kier alpha value is -2.64. The predicted molar refractivity (Wildman–Crippen MR) is 87.7 cm³/mol. The average molecular weight is 376 g/mol. The van der Waals surface area contributed by atoms with Gasteiger partial charge in [-0.3, -0.25) is 0 Å². The van der Waals surface area contributed by atoms with Crippen LogP contribution in [0.2, 0.25) is 0 Å². The Morgan fingerprint density at radius 3 is 0.963 bits per heavy atom. The molecule has 2 bridgehead atoms. The van der Waals surface area contributed by atoms with Gasteiger partial charge >= 0.3 is 23.9 Å². The maximum Gasteiger partial charge on any atom is 0.334 e. The largest absolute Gasteiger partial charge is 0.466 e. The molecule has 4 aliphatic carbocycles. The van der Waals surface area contributed by atoms with Crippen molar-refractivity contribution in [3.63, 3.8) is 0 Å². The van der Waals surface area contributed by atoms with E-state index in [9.17, 15) is 19.2 Å². The highest BCUT2D eigenvalue weighted by atomic mass is 16.5. The Morgan fingerprint density at radius 1 is 0.556 bits per heavy atom. The van der Waals surface area contributed by atoms with Gasteiger partial charge in [0.2, 0.25) is 0 Å². The van der Waals surface area contributed by atoms with Crippen LogP contribution in [0.25, 0.3) is 0 Å². The molecule has 144 valence electrons. The minimum Gasteiger partial charge on any atom is -0.466 e. The first-order valence-electron chi connectivity index (χ1n) is 8.74. The quantitative estimate of drug-likeness (QED) is 0.513. The van der Waals surface area contributed by atoms with Crippen LogP contribution in [0.5, 0.6) is 0 Å². The van der Waals surface area contributed by atoms with E-state index < -0.39 is 23.9 Å². The number of ether oxygens (including phenoxy) is 4. The van der Waals surface area contributed by atoms with Crippen LogP contribution in [0.15, 0.2) is 22.3 Å². The molecular weight excluding hydrogens is 356 g/mol. The number of methoxy groups -OCH3 is 4. The van der Waals surface area contributed by atoms with Crippen LogP contribution in [0.3, 0.4) is 0 Å². The summed E-state index contributed by atoms with van der Waals surface area (Å²) in [5, 5.41) is 0. The summed E-state index contributed by atoms with van der Waals surface area (Å²) in [5.41, 5.74) is 1.37. The van der Waals surface area contributed by atoms with E-state index in [0.29, 0.717) is 28.7 Å². The zero-order valence-corrected chi connectivity index (χ0v) is 15.4. The molecule has 4 aliphatic rings. The number of esters is 4. The van der Waals surface area contributed by atoms with Crippen molar-refractivity contribution in [3.8, 4) is 0 Å². The summed E-state index contributed by atoms with van der Waals surface area (Å²) in [4.78, 5) is 49.1. The molecule has 0 amide bonds. The summed E-state index contributed by atoms with van der Waals surface area (Å²) in [5.74, 6) is -2.89. The molecule has 0 aliphatic heterocycles. The highest BCUT2D eigenvalue weighted by Gasteiger charge is 2.72. The first-order valence-corrected chi connectivity index (χ1v) is 8.74. The first-order chi connectivity index (χ1) is 12.9. The Bertz CT molecular complexity index is 703. The van der Waals surface area contributed by atoms with E-state index in [1.54, 1.807) is 0 Å². The third kappa shape index (κ3) is 1.98. The summed E-state index contributed by atoms with van der Waals surface area (Å²) in [6, 6.07) is 0. The highest BCUT2D eigenvalue weighted by molar-refractivity contribution is 6.07. The van der Waals surface area contributed by atoms with Crippen molar-refractivity contribution >= 4 is 23.9 Å². The molecule has 8 heteroatoms. The zero-order valence-electron chi connectivity index (χ0n) is 15.4. The van der Waals surface area contributed by atoms with Crippen LogP contribution in [-0.2, 0) is 38.1 Å². The van der Waals surface area contributed by atoms with E-state index in [0.717, 1.165) is 0 Å². The van der Waals surface area contributed by atoms with Gasteiger partial charge in [-0.15, -0.1) is 0 Å². The standard InChI is InChI=1S/C19H20O8/c1-24-16(20)12-8-6-5-7(9(8)13(12)17(21)25-2)11-10(6)14(18(22)26-3)15(11)19(23)27-4/h6-11H,5H2,1-4H3. The minimum atomic E-state index is -0.545. The van der Waals surface area contributed by atoms with Gasteiger partial charge in [-0.1, -0.05) is 0 Å². The molecule has 4 unspecified atom stereocenters. The zero-order chi connectivity index (χ0) is 19.6. The smallest absolute Gasteiger partial charge is 0.334 e. The summed E-state index contributed by atoms with van der Waals surface area (Å²) in [6.45, 7) is 0. The molecule has 0 aromatic carbocycles. The molecule has 8 nitrogen and oxygen atoms in total. The molecular formula is C19H20O8. The van der Waals surface area contributed by atoms with Gasteiger partial charge in [0.1, 0.15) is 0 Å². The Labute approximate surface area is 155 Å². The maximum absolute atomic E-state index is 12.3. The molecule has 0 aromatic rings. The number of carbonyl (C=O) groups is 4. The normalized spacial score (nSPS) is 34.8. The van der Waals surface area contributed by atoms with Crippen LogP contribution < -0.4 is 0 Å². The molecule has 0 radical (unpaired) electrons. The fraction of sp³-hybridized carbons (Fsp3) is 0.579. The highest BCUT2D eigenvalue weighted by Crippen LogP contribution is 2.73. The topological polar surface area (TPSA) is 105 Å². The van der Waals surface area contributed by atoms with Gasteiger partial charge in [-0.2, -0.15) is 0 Å². The number of fused-ring (bicyclic) bond motifs is 8. The number of carbonyl (C=O) groups excluding carboxylic acids is 4. The van der Waals surface area contributed by atoms with Crippen LogP contribution >= 0.6 is 0 Å². The van der Waals surface area contributed by atoms with E-state index >= 15 is 0 Å². The van der Waals surface area contributed by atoms with Gasteiger partial charge in [-0.05, 0) is 18.3 Å². The van der Waals surface area contributed by atoms with Gasteiger partial charge in [0.05, 0.1) is 50.7 Å². The summed E-state index contributed by atoms with van der Waals surface area (Å²) >= 11 is 0. The van der Waals surface area contributed by atoms with E-state index in [1.807, 2.05) is 0 Å². The molecule has 0 saturated heterocycles. The van der Waals surface area contributed by atoms with Crippen LogP contribution in [0.1, 0.15) is 6.42 Å². The summed E-state index contributed by atoms with van der Waals surface area (Å²) in [7, 11) is 5.08. The predicted octanol–water partition coefficient (Wildman–Crippen LogP) is 0.413. The fourth-order valence-corrected chi connectivity index (χ4v) is 5.94. The lowest BCUT2D eigenvalue weighted by Crippen LogP contribution is -2.53. The first kappa shape index (κ1) is 17.8. The Morgan fingerprint density at radius 2 is 0.778 bits per heavy atom. The van der Waals surface area contributed by atoms with Crippen molar-refractivity contribution in [3.05, 3.63) is 22.3 Å². The van der Waals surface area contributed by atoms with Gasteiger partial charge in [0.25, 0.3) is 0 Å². The minimum absolute atomic E-state index is 0.0185. The molecule has 4 atom stereocenters. The van der Waals surface area contributed by atoms with E-state index in [4.69, 9.17) is 18.9 Å². The second-order valence-corrected chi connectivity index (χ2v) is 7.29. The molecule has 27 heavy (non-hydrogen) atoms. The molecule has 2 saturated carbocycles. The lowest BCUT2D eigenvalue weighted by atomic mass is 9.49. The third-order valence-electron chi connectivity index (χ3n) is 6.70. The van der Waals surface area contributed by atoms with Crippen molar-refractivity contribution in [1.82, 2.24) is 0 Å². The van der Waals surface area contributed by atoms with E-state index in [1.165, 1.54) is 28.4 Å². The van der Waals surface area contributed by atoms with Crippen molar-refractivity contribution in [2.24, 2.45) is 35.5 Å². The number of hydrogen-bond acceptors (Lipinski definition) is 8. The Kier molecular flexibility index (Phi) is 3.90. The summed E-state index contributed by atoms with van der Waals surface area (Å²) < 4.78 is 19.5. The molecule has 2 fully saturated rings. The number of rotatable bonds is 4. The molecule has 0 spiro atoms. The van der Waals surface area contributed by atoms with Gasteiger partial charge in [0, 0.05) is 23.7 Å². The number of hydrogen-bond donors (Lipinski definition) is 0. The van der Waals surface area contributed by atoms with Crippen LogP contribution in [0.4, 0.5) is 0 Å². The molecule has 4 rings (SSSR count). The monoisotopic (exact) mass is 376 g/mol. The van der Waals surface area contributed by atoms with Gasteiger partial charge < -0.3 is 18.9 Å². The maximum atomic E-state index is 12.3.